The minimum Gasteiger partial charge on any atom is -0.444 e. The van der Waals surface area contributed by atoms with Gasteiger partial charge in [-0.15, -0.1) is 10.2 Å². The molecule has 11 nitrogen and oxygen atoms in total. The van der Waals surface area contributed by atoms with Crippen LogP contribution >= 0.6 is 0 Å². The fourth-order valence-corrected chi connectivity index (χ4v) is 3.45. The number of carbonyl (C=O) groups excluding carboxylic acids is 2. The number of aromatic nitrogens is 5. The van der Waals surface area contributed by atoms with Crippen molar-refractivity contribution in [2.75, 3.05) is 18.1 Å². The molecule has 0 aliphatic carbocycles. The Bertz CT molecular complexity index is 1050. The molecule has 0 aromatic carbocycles. The molecule has 36 heavy (non-hydrogen) atoms. The van der Waals surface area contributed by atoms with Crippen LogP contribution in [0.2, 0.25) is 0 Å². The molecular formula is C25H41N7O4. The molecule has 0 bridgehead atoms. The summed E-state index contributed by atoms with van der Waals surface area (Å²) in [5.41, 5.74) is 0.771. The first kappa shape index (κ1) is 29.0. The van der Waals surface area contributed by atoms with Crippen LogP contribution in [0, 0.1) is 6.92 Å². The summed E-state index contributed by atoms with van der Waals surface area (Å²) in [6, 6.07) is 1.94. The molecule has 11 heteroatoms. The Labute approximate surface area is 214 Å². The number of carbonyl (C=O) groups is 2. The van der Waals surface area contributed by atoms with Crippen molar-refractivity contribution in [1.82, 2.24) is 30.1 Å². The second-order valence-corrected chi connectivity index (χ2v) is 10.8. The van der Waals surface area contributed by atoms with E-state index in [0.717, 1.165) is 17.5 Å². The predicted octanol–water partition coefficient (Wildman–Crippen LogP) is 4.88. The number of amides is 2. The van der Waals surface area contributed by atoms with Gasteiger partial charge in [-0.05, 0) is 78.2 Å². The highest BCUT2D eigenvalue weighted by atomic mass is 16.6. The predicted molar refractivity (Wildman–Crippen MR) is 138 cm³/mol. The van der Waals surface area contributed by atoms with Crippen molar-refractivity contribution in [3.63, 3.8) is 0 Å². The van der Waals surface area contributed by atoms with Crippen molar-refractivity contribution >= 4 is 18.0 Å². The van der Waals surface area contributed by atoms with Crippen LogP contribution in [-0.4, -0.2) is 66.7 Å². The summed E-state index contributed by atoms with van der Waals surface area (Å²) in [5.74, 6) is 0.887. The van der Waals surface area contributed by atoms with Gasteiger partial charge >= 0.3 is 12.2 Å². The SMILES string of the molecule is CCCc1cc(-c2nnn(C)n2)c(C)nc1N(CN(CCC)C(=O)OC(C)(C)C)C(=O)OC(C)(C)C. The van der Waals surface area contributed by atoms with E-state index in [9.17, 15) is 9.59 Å². The van der Waals surface area contributed by atoms with E-state index in [2.05, 4.69) is 15.4 Å². The molecule has 0 fully saturated rings. The molecule has 0 N–H and O–H groups in total. The Kier molecular flexibility index (Phi) is 9.39. The molecule has 0 unspecified atom stereocenters. The molecule has 200 valence electrons. The first-order valence-corrected chi connectivity index (χ1v) is 12.4. The van der Waals surface area contributed by atoms with Crippen LogP contribution < -0.4 is 4.90 Å². The highest BCUT2D eigenvalue weighted by Crippen LogP contribution is 2.29. The quantitative estimate of drug-likeness (QED) is 0.468. The van der Waals surface area contributed by atoms with Crippen molar-refractivity contribution in [1.29, 1.82) is 0 Å². The molecule has 2 aromatic rings. The molecule has 0 saturated heterocycles. The number of aryl methyl sites for hydroxylation is 3. The monoisotopic (exact) mass is 503 g/mol. The van der Waals surface area contributed by atoms with Crippen molar-refractivity contribution in [3.8, 4) is 11.4 Å². The highest BCUT2D eigenvalue weighted by Gasteiger charge is 2.31. The summed E-state index contributed by atoms with van der Waals surface area (Å²) in [6.07, 6.45) is 1.05. The molecule has 0 saturated carbocycles. The molecule has 0 radical (unpaired) electrons. The lowest BCUT2D eigenvalue weighted by Gasteiger charge is -2.33. The lowest BCUT2D eigenvalue weighted by Crippen LogP contribution is -2.48. The van der Waals surface area contributed by atoms with Gasteiger partial charge in [0.2, 0.25) is 5.82 Å². The summed E-state index contributed by atoms with van der Waals surface area (Å²) in [5, 5.41) is 12.4. The topological polar surface area (TPSA) is 116 Å². The molecule has 0 aliphatic rings. The van der Waals surface area contributed by atoms with Crippen molar-refractivity contribution in [3.05, 3.63) is 17.3 Å². The normalized spacial score (nSPS) is 11.8. The zero-order chi connectivity index (χ0) is 27.3. The van der Waals surface area contributed by atoms with Crippen molar-refractivity contribution in [2.45, 2.75) is 92.8 Å². The number of hydrogen-bond acceptors (Lipinski definition) is 8. The molecule has 0 atom stereocenters. The molecule has 2 heterocycles. The second kappa shape index (κ2) is 11.7. The number of ether oxygens (including phenoxy) is 2. The van der Waals surface area contributed by atoms with Gasteiger partial charge < -0.3 is 9.47 Å². The van der Waals surface area contributed by atoms with Crippen LogP contribution in [0.3, 0.4) is 0 Å². The van der Waals surface area contributed by atoms with Gasteiger partial charge in [0.1, 0.15) is 23.7 Å². The van der Waals surface area contributed by atoms with Crippen LogP contribution in [0.4, 0.5) is 15.4 Å². The largest absolute Gasteiger partial charge is 0.444 e. The minimum atomic E-state index is -0.736. The van der Waals surface area contributed by atoms with Gasteiger partial charge in [0.05, 0.1) is 12.7 Å². The summed E-state index contributed by atoms with van der Waals surface area (Å²) in [7, 11) is 1.70. The number of nitrogens with zero attached hydrogens (tertiary/aromatic N) is 7. The van der Waals surface area contributed by atoms with E-state index >= 15 is 0 Å². The van der Waals surface area contributed by atoms with Gasteiger partial charge in [0.25, 0.3) is 0 Å². The average Bonchev–Trinajstić information content (AvgIpc) is 3.15. The van der Waals surface area contributed by atoms with Gasteiger partial charge in [-0.3, -0.25) is 4.90 Å². The molecule has 2 amide bonds. The van der Waals surface area contributed by atoms with Crippen LogP contribution in [0.5, 0.6) is 0 Å². The standard InChI is InChI=1S/C25H41N7O4/c1-11-13-18-15-19(20-27-29-30(10)28-20)17(3)26-21(18)32(23(34)36-25(7,8)9)16-31(14-12-2)22(33)35-24(4,5)6/h15H,11-14,16H2,1-10H3. The molecule has 0 spiro atoms. The summed E-state index contributed by atoms with van der Waals surface area (Å²) in [6.45, 7) is 17.0. The van der Waals surface area contributed by atoms with Crippen molar-refractivity contribution < 1.29 is 19.1 Å². The minimum absolute atomic E-state index is 0.0659. The third-order valence-corrected chi connectivity index (χ3v) is 4.86. The zero-order valence-corrected chi connectivity index (χ0v) is 23.4. The van der Waals surface area contributed by atoms with Gasteiger partial charge in [-0.25, -0.2) is 19.5 Å². The van der Waals surface area contributed by atoms with E-state index in [1.54, 1.807) is 27.8 Å². The lowest BCUT2D eigenvalue weighted by atomic mass is 10.1. The second-order valence-electron chi connectivity index (χ2n) is 10.8. The maximum absolute atomic E-state index is 13.5. The number of anilines is 1. The maximum atomic E-state index is 13.5. The third-order valence-electron chi connectivity index (χ3n) is 4.86. The van der Waals surface area contributed by atoms with Gasteiger partial charge in [0, 0.05) is 12.1 Å². The Morgan fingerprint density at radius 2 is 1.61 bits per heavy atom. The Hall–Kier alpha value is -3.24. The smallest absolute Gasteiger partial charge is 0.417 e. The molecule has 2 aromatic heterocycles. The number of pyridine rings is 1. The van der Waals surface area contributed by atoms with E-state index in [1.165, 1.54) is 14.6 Å². The van der Waals surface area contributed by atoms with Gasteiger partial charge in [-0.1, -0.05) is 20.3 Å². The maximum Gasteiger partial charge on any atom is 0.417 e. The first-order chi connectivity index (χ1) is 16.6. The Balaban J connectivity index is 2.60. The lowest BCUT2D eigenvalue weighted by molar-refractivity contribution is 0.0234. The van der Waals surface area contributed by atoms with E-state index in [4.69, 9.17) is 14.5 Å². The first-order valence-electron chi connectivity index (χ1n) is 12.4. The third kappa shape index (κ3) is 8.17. The van der Waals surface area contributed by atoms with E-state index in [1.807, 2.05) is 47.6 Å². The number of hydrogen-bond donors (Lipinski definition) is 0. The number of tetrazole rings is 1. The van der Waals surface area contributed by atoms with Gasteiger partial charge in [-0.2, -0.15) is 4.80 Å². The summed E-state index contributed by atoms with van der Waals surface area (Å²) >= 11 is 0. The van der Waals surface area contributed by atoms with Crippen LogP contribution in [0.15, 0.2) is 6.07 Å². The van der Waals surface area contributed by atoms with E-state index in [-0.39, 0.29) is 6.67 Å². The zero-order valence-electron chi connectivity index (χ0n) is 23.4. The van der Waals surface area contributed by atoms with Crippen molar-refractivity contribution in [2.24, 2.45) is 7.05 Å². The Morgan fingerprint density at radius 3 is 2.11 bits per heavy atom. The summed E-state index contributed by atoms with van der Waals surface area (Å²) < 4.78 is 11.3. The fourth-order valence-electron chi connectivity index (χ4n) is 3.45. The van der Waals surface area contributed by atoms with Crippen LogP contribution in [0.25, 0.3) is 11.4 Å². The van der Waals surface area contributed by atoms with E-state index in [0.29, 0.717) is 36.7 Å². The van der Waals surface area contributed by atoms with Gasteiger partial charge in [0.15, 0.2) is 0 Å². The molecule has 2 rings (SSSR count). The Morgan fingerprint density at radius 1 is 1.00 bits per heavy atom. The highest BCUT2D eigenvalue weighted by molar-refractivity contribution is 5.88. The molecule has 0 aliphatic heterocycles. The van der Waals surface area contributed by atoms with E-state index < -0.39 is 23.4 Å². The van der Waals surface area contributed by atoms with Crippen LogP contribution in [-0.2, 0) is 22.9 Å². The molecular weight excluding hydrogens is 462 g/mol. The number of rotatable bonds is 8. The average molecular weight is 504 g/mol. The van der Waals surface area contributed by atoms with Crippen LogP contribution in [0.1, 0.15) is 79.5 Å². The summed E-state index contributed by atoms with van der Waals surface area (Å²) in [4.78, 5) is 35.6. The fraction of sp³-hybridized carbons (Fsp3) is 0.680.